The van der Waals surface area contributed by atoms with Gasteiger partial charge in [0.25, 0.3) is 5.91 Å². The number of nitrogens with one attached hydrogen (secondary N) is 1. The van der Waals surface area contributed by atoms with Gasteiger partial charge in [-0.1, -0.05) is 43.1 Å². The number of methoxy groups -OCH3 is 1. The molecule has 0 spiro atoms. The second-order valence-corrected chi connectivity index (χ2v) is 6.28. The molecule has 0 aromatic heterocycles. The molecule has 2 rings (SSSR count). The number of halogens is 1. The summed E-state index contributed by atoms with van der Waals surface area (Å²) in [5.74, 6) is -0.638. The molecule has 0 bridgehead atoms. The average Bonchev–Trinajstić information content (AvgIpc) is 2.63. The van der Waals surface area contributed by atoms with E-state index in [1.54, 1.807) is 30.3 Å². The van der Waals surface area contributed by atoms with Crippen LogP contribution in [-0.2, 0) is 11.2 Å². The van der Waals surface area contributed by atoms with Gasteiger partial charge in [-0.25, -0.2) is 0 Å². The summed E-state index contributed by atoms with van der Waals surface area (Å²) in [7, 11) is 1.47. The van der Waals surface area contributed by atoms with Crippen LogP contribution in [0.1, 0.15) is 35.7 Å². The number of hydrogen-bond donors (Lipinski definition) is 2. The molecule has 0 aliphatic heterocycles. The fraction of sp³-hybridized carbons (Fsp3) is 0.300. The summed E-state index contributed by atoms with van der Waals surface area (Å²) in [5, 5.41) is 12.0. The van der Waals surface area contributed by atoms with Gasteiger partial charge in [0.15, 0.2) is 11.5 Å². The van der Waals surface area contributed by atoms with Gasteiger partial charge in [0.2, 0.25) is 0 Å². The van der Waals surface area contributed by atoms with Crippen LogP contribution >= 0.6 is 11.6 Å². The molecule has 2 aromatic carbocycles. The Morgan fingerprint density at radius 3 is 2.63 bits per heavy atom. The maximum Gasteiger partial charge on any atom is 0.307 e. The molecule has 0 unspecified atom stereocenters. The lowest BCUT2D eigenvalue weighted by Gasteiger charge is -2.15. The molecule has 0 aliphatic rings. The summed E-state index contributed by atoms with van der Waals surface area (Å²) in [6.07, 6.45) is 1.67. The van der Waals surface area contributed by atoms with E-state index in [1.165, 1.54) is 13.2 Å². The van der Waals surface area contributed by atoms with Crippen LogP contribution in [0.3, 0.4) is 0 Å². The van der Waals surface area contributed by atoms with Gasteiger partial charge >= 0.3 is 5.97 Å². The average molecular weight is 392 g/mol. The van der Waals surface area contributed by atoms with Crippen LogP contribution in [0.15, 0.2) is 36.4 Å². The van der Waals surface area contributed by atoms with Crippen molar-refractivity contribution in [1.82, 2.24) is 0 Å². The fourth-order valence-electron chi connectivity index (χ4n) is 2.46. The number of carbonyl (C=O) groups is 2. The first-order chi connectivity index (χ1) is 13.0. The second kappa shape index (κ2) is 9.83. The zero-order chi connectivity index (χ0) is 19.8. The molecule has 2 aromatic rings. The molecule has 0 atom stereocenters. The first-order valence-corrected chi connectivity index (χ1v) is 8.95. The number of carboxylic acids is 1. The van der Waals surface area contributed by atoms with Crippen molar-refractivity contribution in [2.24, 2.45) is 0 Å². The number of benzene rings is 2. The van der Waals surface area contributed by atoms with E-state index in [2.05, 4.69) is 12.2 Å². The Morgan fingerprint density at radius 1 is 1.22 bits per heavy atom. The van der Waals surface area contributed by atoms with Gasteiger partial charge < -0.3 is 19.9 Å². The number of unbranched alkanes of at least 4 members (excludes halogenated alkanes) is 1. The lowest BCUT2D eigenvalue weighted by atomic mass is 10.1. The molecule has 0 aliphatic carbocycles. The predicted molar refractivity (Wildman–Crippen MR) is 104 cm³/mol. The molecule has 0 saturated carbocycles. The van der Waals surface area contributed by atoms with Crippen LogP contribution in [0.2, 0.25) is 5.02 Å². The third-order valence-corrected chi connectivity index (χ3v) is 4.12. The molecular weight excluding hydrogens is 370 g/mol. The molecule has 144 valence electrons. The zero-order valence-electron chi connectivity index (χ0n) is 15.3. The number of rotatable bonds is 9. The Kier molecular flexibility index (Phi) is 7.49. The van der Waals surface area contributed by atoms with Gasteiger partial charge in [-0.15, -0.1) is 0 Å². The van der Waals surface area contributed by atoms with E-state index in [1.807, 2.05) is 0 Å². The van der Waals surface area contributed by atoms with Crippen LogP contribution in [-0.4, -0.2) is 30.7 Å². The number of carboxylic acid groups (broad SMARTS) is 1. The number of carbonyl (C=O) groups excluding carboxylic acids is 1. The Morgan fingerprint density at radius 2 is 1.96 bits per heavy atom. The van der Waals surface area contributed by atoms with Crippen molar-refractivity contribution >= 4 is 29.2 Å². The standard InChI is InChI=1S/C20H22ClNO5/c1-3-4-9-27-19-15(21)10-14(11-17(19)26-2)20(25)22-16-8-6-5-7-13(16)12-18(23)24/h5-8,10-11H,3-4,9,12H2,1-2H3,(H,22,25)(H,23,24). The topological polar surface area (TPSA) is 84.9 Å². The molecule has 7 heteroatoms. The monoisotopic (exact) mass is 391 g/mol. The van der Waals surface area contributed by atoms with Crippen molar-refractivity contribution in [3.05, 3.63) is 52.5 Å². The summed E-state index contributed by atoms with van der Waals surface area (Å²) < 4.78 is 11.0. The van der Waals surface area contributed by atoms with E-state index in [0.29, 0.717) is 29.4 Å². The Labute approximate surface area is 163 Å². The highest BCUT2D eigenvalue weighted by atomic mass is 35.5. The number of anilines is 1. The number of para-hydroxylation sites is 1. The number of hydrogen-bond acceptors (Lipinski definition) is 4. The van der Waals surface area contributed by atoms with Crippen LogP contribution in [0, 0.1) is 0 Å². The second-order valence-electron chi connectivity index (χ2n) is 5.87. The normalized spacial score (nSPS) is 10.3. The highest BCUT2D eigenvalue weighted by Crippen LogP contribution is 2.36. The first kappa shape index (κ1) is 20.6. The fourth-order valence-corrected chi connectivity index (χ4v) is 2.73. The molecule has 1 amide bonds. The van der Waals surface area contributed by atoms with Crippen molar-refractivity contribution in [3.63, 3.8) is 0 Å². The number of amides is 1. The molecule has 0 fully saturated rings. The van der Waals surface area contributed by atoms with Crippen molar-refractivity contribution < 1.29 is 24.2 Å². The quantitative estimate of drug-likeness (QED) is 0.618. The smallest absolute Gasteiger partial charge is 0.307 e. The Bertz CT molecular complexity index is 822. The summed E-state index contributed by atoms with van der Waals surface area (Å²) in [6, 6.07) is 9.79. The van der Waals surface area contributed by atoms with Gasteiger partial charge in [-0.3, -0.25) is 9.59 Å². The van der Waals surface area contributed by atoms with Crippen LogP contribution in [0.25, 0.3) is 0 Å². The molecule has 2 N–H and O–H groups in total. The molecule has 0 saturated heterocycles. The van der Waals surface area contributed by atoms with Crippen molar-refractivity contribution in [3.8, 4) is 11.5 Å². The summed E-state index contributed by atoms with van der Waals surface area (Å²) in [5.41, 5.74) is 1.23. The van der Waals surface area contributed by atoms with E-state index >= 15 is 0 Å². The SMILES string of the molecule is CCCCOc1c(Cl)cc(C(=O)Nc2ccccc2CC(=O)O)cc1OC. The van der Waals surface area contributed by atoms with E-state index in [0.717, 1.165) is 12.8 Å². The molecule has 6 nitrogen and oxygen atoms in total. The van der Waals surface area contributed by atoms with Gasteiger partial charge in [0.05, 0.1) is 25.2 Å². The molecule has 27 heavy (non-hydrogen) atoms. The number of ether oxygens (including phenoxy) is 2. The van der Waals surface area contributed by atoms with Gasteiger partial charge in [0.1, 0.15) is 0 Å². The molecule has 0 radical (unpaired) electrons. The van der Waals surface area contributed by atoms with Crippen molar-refractivity contribution in [1.29, 1.82) is 0 Å². The molecular formula is C20H22ClNO5. The largest absolute Gasteiger partial charge is 0.493 e. The van der Waals surface area contributed by atoms with E-state index < -0.39 is 11.9 Å². The summed E-state index contributed by atoms with van der Waals surface area (Å²) >= 11 is 6.28. The lowest BCUT2D eigenvalue weighted by Crippen LogP contribution is -2.15. The minimum atomic E-state index is -0.977. The lowest BCUT2D eigenvalue weighted by molar-refractivity contribution is -0.136. The van der Waals surface area contributed by atoms with Crippen LogP contribution < -0.4 is 14.8 Å². The molecule has 0 heterocycles. The van der Waals surface area contributed by atoms with Crippen molar-refractivity contribution in [2.45, 2.75) is 26.2 Å². The highest BCUT2D eigenvalue weighted by molar-refractivity contribution is 6.32. The van der Waals surface area contributed by atoms with Gasteiger partial charge in [-0.2, -0.15) is 0 Å². The maximum atomic E-state index is 12.6. The first-order valence-electron chi connectivity index (χ1n) is 8.57. The van der Waals surface area contributed by atoms with E-state index in [9.17, 15) is 9.59 Å². The predicted octanol–water partition coefficient (Wildman–Crippen LogP) is 4.41. The summed E-state index contributed by atoms with van der Waals surface area (Å²) in [4.78, 5) is 23.6. The van der Waals surface area contributed by atoms with E-state index in [4.69, 9.17) is 26.2 Å². The van der Waals surface area contributed by atoms with Crippen molar-refractivity contribution in [2.75, 3.05) is 19.0 Å². The van der Waals surface area contributed by atoms with Gasteiger partial charge in [0, 0.05) is 11.3 Å². The number of aliphatic carboxylic acids is 1. The maximum absolute atomic E-state index is 12.6. The Balaban J connectivity index is 2.24. The highest BCUT2D eigenvalue weighted by Gasteiger charge is 2.17. The van der Waals surface area contributed by atoms with Gasteiger partial charge in [-0.05, 0) is 30.2 Å². The Hall–Kier alpha value is -2.73. The van der Waals surface area contributed by atoms with E-state index in [-0.39, 0.29) is 17.0 Å². The third kappa shape index (κ3) is 5.62. The minimum Gasteiger partial charge on any atom is -0.493 e. The van der Waals surface area contributed by atoms with Crippen LogP contribution in [0.5, 0.6) is 11.5 Å². The zero-order valence-corrected chi connectivity index (χ0v) is 16.0. The van der Waals surface area contributed by atoms with Crippen LogP contribution in [0.4, 0.5) is 5.69 Å². The minimum absolute atomic E-state index is 0.190. The summed E-state index contributed by atoms with van der Waals surface area (Å²) in [6.45, 7) is 2.55. The third-order valence-electron chi connectivity index (χ3n) is 3.84.